The number of halogens is 2. The molecule has 1 unspecified atom stereocenters. The van der Waals surface area contributed by atoms with Crippen LogP contribution < -0.4 is 5.32 Å². The molecule has 0 aliphatic heterocycles. The maximum atomic E-state index is 13.0. The molecule has 0 aliphatic rings. The third-order valence-electron chi connectivity index (χ3n) is 2.58. The van der Waals surface area contributed by atoms with E-state index >= 15 is 0 Å². The van der Waals surface area contributed by atoms with Crippen LogP contribution >= 0.6 is 11.6 Å². The Hall–Kier alpha value is -1.58. The van der Waals surface area contributed by atoms with Crippen LogP contribution in [0.25, 0.3) is 0 Å². The molecule has 2 N–H and O–H groups in total. The quantitative estimate of drug-likeness (QED) is 0.885. The molecule has 2 rings (SSSR count). The zero-order valence-corrected chi connectivity index (χ0v) is 10.4. The standard InChI is InChI=1S/C14H13ClFNO/c15-11-4-6-13(7-5-11)17-9-14(18)10-2-1-3-12(16)8-10/h1-8,14,17-18H,9H2. The zero-order chi connectivity index (χ0) is 13.0. The van der Waals surface area contributed by atoms with Gasteiger partial charge in [0.2, 0.25) is 0 Å². The van der Waals surface area contributed by atoms with Gasteiger partial charge in [-0.25, -0.2) is 4.39 Å². The molecule has 0 saturated heterocycles. The second-order valence-corrected chi connectivity index (χ2v) is 4.40. The van der Waals surface area contributed by atoms with Gasteiger partial charge in [-0.05, 0) is 42.0 Å². The molecule has 2 aromatic rings. The molecule has 0 fully saturated rings. The summed E-state index contributed by atoms with van der Waals surface area (Å²) in [6.07, 6.45) is -0.753. The third-order valence-corrected chi connectivity index (χ3v) is 2.83. The topological polar surface area (TPSA) is 32.3 Å². The van der Waals surface area contributed by atoms with E-state index in [0.29, 0.717) is 17.1 Å². The minimum absolute atomic E-state index is 0.311. The van der Waals surface area contributed by atoms with Crippen LogP contribution in [0.4, 0.5) is 10.1 Å². The van der Waals surface area contributed by atoms with Gasteiger partial charge >= 0.3 is 0 Å². The highest BCUT2D eigenvalue weighted by Crippen LogP contribution is 2.17. The molecule has 0 saturated carbocycles. The van der Waals surface area contributed by atoms with Crippen LogP contribution in [0.15, 0.2) is 48.5 Å². The van der Waals surface area contributed by atoms with Crippen LogP contribution in [0, 0.1) is 5.82 Å². The summed E-state index contributed by atoms with van der Waals surface area (Å²) in [5, 5.41) is 13.6. The molecule has 4 heteroatoms. The lowest BCUT2D eigenvalue weighted by Crippen LogP contribution is -2.12. The molecule has 0 amide bonds. The molecule has 0 spiro atoms. The summed E-state index contributed by atoms with van der Waals surface area (Å²) in [4.78, 5) is 0. The third kappa shape index (κ3) is 3.45. The fourth-order valence-corrected chi connectivity index (χ4v) is 1.74. The minimum Gasteiger partial charge on any atom is -0.387 e. The lowest BCUT2D eigenvalue weighted by atomic mass is 10.1. The first-order chi connectivity index (χ1) is 8.65. The first-order valence-electron chi connectivity index (χ1n) is 5.58. The van der Waals surface area contributed by atoms with Crippen LogP contribution in [0.5, 0.6) is 0 Å². The van der Waals surface area contributed by atoms with Crippen molar-refractivity contribution in [2.45, 2.75) is 6.10 Å². The van der Waals surface area contributed by atoms with Crippen molar-refractivity contribution in [3.05, 3.63) is 64.9 Å². The van der Waals surface area contributed by atoms with E-state index in [-0.39, 0.29) is 5.82 Å². The highest BCUT2D eigenvalue weighted by atomic mass is 35.5. The second kappa shape index (κ2) is 5.85. The molecular weight excluding hydrogens is 253 g/mol. The molecule has 1 atom stereocenters. The molecule has 18 heavy (non-hydrogen) atoms. The van der Waals surface area contributed by atoms with E-state index in [0.717, 1.165) is 5.69 Å². The van der Waals surface area contributed by atoms with Gasteiger partial charge < -0.3 is 10.4 Å². The van der Waals surface area contributed by atoms with Gasteiger partial charge in [-0.1, -0.05) is 23.7 Å². The maximum Gasteiger partial charge on any atom is 0.123 e. The number of aliphatic hydroxyl groups excluding tert-OH is 1. The first kappa shape index (κ1) is 12.9. The Balaban J connectivity index is 1.96. The van der Waals surface area contributed by atoms with Crippen molar-refractivity contribution in [2.75, 3.05) is 11.9 Å². The van der Waals surface area contributed by atoms with Crippen LogP contribution in [-0.2, 0) is 0 Å². The van der Waals surface area contributed by atoms with Crippen LogP contribution in [0.1, 0.15) is 11.7 Å². The Labute approximate surface area is 110 Å². The van der Waals surface area contributed by atoms with Crippen molar-refractivity contribution in [2.24, 2.45) is 0 Å². The van der Waals surface area contributed by atoms with Crippen molar-refractivity contribution in [3.63, 3.8) is 0 Å². The number of benzene rings is 2. The number of rotatable bonds is 4. The molecule has 0 aliphatic carbocycles. The summed E-state index contributed by atoms with van der Waals surface area (Å²) in [5.74, 6) is -0.349. The number of hydrogen-bond donors (Lipinski definition) is 2. The van der Waals surface area contributed by atoms with E-state index in [9.17, 15) is 9.50 Å². The molecule has 0 bridgehead atoms. The number of anilines is 1. The van der Waals surface area contributed by atoms with Crippen LogP contribution in [0.3, 0.4) is 0 Å². The van der Waals surface area contributed by atoms with Crippen LogP contribution in [-0.4, -0.2) is 11.7 Å². The van der Waals surface area contributed by atoms with Gasteiger partial charge in [-0.2, -0.15) is 0 Å². The zero-order valence-electron chi connectivity index (χ0n) is 9.61. The molecule has 94 valence electrons. The lowest BCUT2D eigenvalue weighted by molar-refractivity contribution is 0.191. The predicted octanol–water partition coefficient (Wildman–Crippen LogP) is 3.62. The molecule has 2 nitrogen and oxygen atoms in total. The average molecular weight is 266 g/mol. The Bertz CT molecular complexity index is 515. The Kier molecular flexibility index (Phi) is 4.18. The Morgan fingerprint density at radius 3 is 2.56 bits per heavy atom. The molecular formula is C14H13ClFNO. The van der Waals surface area contributed by atoms with Gasteiger partial charge in [0.15, 0.2) is 0 Å². The van der Waals surface area contributed by atoms with Gasteiger partial charge in [0.1, 0.15) is 5.82 Å². The smallest absolute Gasteiger partial charge is 0.123 e. The Morgan fingerprint density at radius 2 is 1.89 bits per heavy atom. The van der Waals surface area contributed by atoms with Gasteiger partial charge in [0.25, 0.3) is 0 Å². The molecule has 0 aromatic heterocycles. The van der Waals surface area contributed by atoms with E-state index in [4.69, 9.17) is 11.6 Å². The van der Waals surface area contributed by atoms with E-state index in [2.05, 4.69) is 5.32 Å². The van der Waals surface area contributed by atoms with Gasteiger partial charge in [0.05, 0.1) is 6.10 Å². The molecule has 0 heterocycles. The van der Waals surface area contributed by atoms with Crippen molar-refractivity contribution in [1.82, 2.24) is 0 Å². The van der Waals surface area contributed by atoms with E-state index in [1.165, 1.54) is 12.1 Å². The normalized spacial score (nSPS) is 12.2. The number of hydrogen-bond acceptors (Lipinski definition) is 2. The minimum atomic E-state index is -0.753. The Morgan fingerprint density at radius 1 is 1.17 bits per heavy atom. The molecule has 2 aromatic carbocycles. The highest BCUT2D eigenvalue weighted by molar-refractivity contribution is 6.30. The molecule has 0 radical (unpaired) electrons. The van der Waals surface area contributed by atoms with Crippen molar-refractivity contribution in [3.8, 4) is 0 Å². The van der Waals surface area contributed by atoms with Gasteiger partial charge in [-0.3, -0.25) is 0 Å². The maximum absolute atomic E-state index is 13.0. The summed E-state index contributed by atoms with van der Waals surface area (Å²) in [6, 6.07) is 13.1. The summed E-state index contributed by atoms with van der Waals surface area (Å²) in [6.45, 7) is 0.311. The van der Waals surface area contributed by atoms with E-state index < -0.39 is 6.10 Å². The van der Waals surface area contributed by atoms with Crippen LogP contribution in [0.2, 0.25) is 5.02 Å². The van der Waals surface area contributed by atoms with E-state index in [1.807, 2.05) is 12.1 Å². The highest BCUT2D eigenvalue weighted by Gasteiger charge is 2.07. The number of nitrogens with one attached hydrogen (secondary N) is 1. The lowest BCUT2D eigenvalue weighted by Gasteiger charge is -2.13. The van der Waals surface area contributed by atoms with Crippen molar-refractivity contribution in [1.29, 1.82) is 0 Å². The fraction of sp³-hybridized carbons (Fsp3) is 0.143. The van der Waals surface area contributed by atoms with Crippen molar-refractivity contribution >= 4 is 17.3 Å². The monoisotopic (exact) mass is 265 g/mol. The largest absolute Gasteiger partial charge is 0.387 e. The van der Waals surface area contributed by atoms with Gasteiger partial charge in [-0.15, -0.1) is 0 Å². The number of aliphatic hydroxyl groups is 1. The summed E-state index contributed by atoms with van der Waals surface area (Å²) in [7, 11) is 0. The van der Waals surface area contributed by atoms with Gasteiger partial charge in [0, 0.05) is 17.3 Å². The summed E-state index contributed by atoms with van der Waals surface area (Å²) >= 11 is 5.77. The first-order valence-corrected chi connectivity index (χ1v) is 5.96. The van der Waals surface area contributed by atoms with Crippen molar-refractivity contribution < 1.29 is 9.50 Å². The summed E-state index contributed by atoms with van der Waals surface area (Å²) in [5.41, 5.74) is 1.41. The predicted molar refractivity (Wildman–Crippen MR) is 71.3 cm³/mol. The average Bonchev–Trinajstić information content (AvgIpc) is 2.38. The fourth-order valence-electron chi connectivity index (χ4n) is 1.61. The second-order valence-electron chi connectivity index (χ2n) is 3.96. The summed E-state index contributed by atoms with van der Waals surface area (Å²) < 4.78 is 13.0. The SMILES string of the molecule is OC(CNc1ccc(Cl)cc1)c1cccc(F)c1. The van der Waals surface area contributed by atoms with E-state index in [1.54, 1.807) is 24.3 Å².